The summed E-state index contributed by atoms with van der Waals surface area (Å²) in [4.78, 5) is 43.3. The number of benzene rings is 2. The van der Waals surface area contributed by atoms with Crippen LogP contribution in [0.2, 0.25) is 0 Å². The average Bonchev–Trinajstić information content (AvgIpc) is 3.53. The second kappa shape index (κ2) is 15.5. The van der Waals surface area contributed by atoms with Gasteiger partial charge in [0.15, 0.2) is 0 Å². The molecule has 2 N–H and O–H groups in total. The number of nitrogens with zero attached hydrogens (tertiary/aromatic N) is 3. The van der Waals surface area contributed by atoms with Gasteiger partial charge in [0.2, 0.25) is 5.91 Å². The topological polar surface area (TPSA) is 106 Å². The normalized spacial score (nSPS) is 12.7. The fourth-order valence-electron chi connectivity index (χ4n) is 6.08. The van der Waals surface area contributed by atoms with Gasteiger partial charge in [-0.05, 0) is 91.6 Å². The van der Waals surface area contributed by atoms with Crippen molar-refractivity contribution in [3.63, 3.8) is 0 Å². The Hall–Kier alpha value is -5.25. The zero-order valence-corrected chi connectivity index (χ0v) is 28.2. The summed E-state index contributed by atoms with van der Waals surface area (Å²) in [6, 6.07) is 3.01. The Morgan fingerprint density at radius 1 is 1.06 bits per heavy atom. The van der Waals surface area contributed by atoms with Gasteiger partial charge in [0.05, 0.1) is 29.9 Å². The van der Waals surface area contributed by atoms with Crippen molar-refractivity contribution in [1.29, 1.82) is 0 Å². The van der Waals surface area contributed by atoms with E-state index in [0.29, 0.717) is 28.3 Å². The zero-order valence-electron chi connectivity index (χ0n) is 28.2. The number of amides is 1. The van der Waals surface area contributed by atoms with Gasteiger partial charge in [0, 0.05) is 36.8 Å². The summed E-state index contributed by atoms with van der Waals surface area (Å²) >= 11 is 0. The van der Waals surface area contributed by atoms with Crippen molar-refractivity contribution in [2.75, 3.05) is 0 Å². The first-order valence-corrected chi connectivity index (χ1v) is 15.8. The number of hydrogen-bond donors (Lipinski definition) is 2. The molecule has 0 radical (unpaired) electrons. The molecule has 2 aromatic carbocycles. The molecule has 2 atom stereocenters. The number of nitrogens with one attached hydrogen (secondary N) is 1. The number of carbonyl (C=O) groups is 2. The number of alkyl halides is 3. The molecule has 4 rings (SSSR count). The van der Waals surface area contributed by atoms with Gasteiger partial charge in [-0.2, -0.15) is 13.2 Å². The van der Waals surface area contributed by atoms with Gasteiger partial charge < -0.3 is 19.6 Å². The Balaban J connectivity index is 1.83. The minimum absolute atomic E-state index is 0.0130. The van der Waals surface area contributed by atoms with E-state index in [0.717, 1.165) is 10.8 Å². The van der Waals surface area contributed by atoms with Crippen LogP contribution < -0.4 is 10.9 Å². The highest BCUT2D eigenvalue weighted by atomic mass is 19.4. The van der Waals surface area contributed by atoms with Crippen LogP contribution in [0.5, 0.6) is 0 Å². The Labute approximate surface area is 286 Å². The Morgan fingerprint density at radius 2 is 1.74 bits per heavy atom. The molecule has 264 valence electrons. The second-order valence-corrected chi connectivity index (χ2v) is 12.5. The van der Waals surface area contributed by atoms with Crippen LogP contribution in [0.15, 0.2) is 60.0 Å². The van der Waals surface area contributed by atoms with Crippen LogP contribution in [0.25, 0.3) is 11.1 Å². The van der Waals surface area contributed by atoms with Crippen molar-refractivity contribution in [2.45, 2.75) is 78.7 Å². The molecule has 0 aliphatic rings. The number of rotatable bonds is 12. The van der Waals surface area contributed by atoms with Gasteiger partial charge >= 0.3 is 12.1 Å². The summed E-state index contributed by atoms with van der Waals surface area (Å²) in [6.07, 6.45) is -0.299. The minimum Gasteiger partial charge on any atom is -0.481 e. The largest absolute Gasteiger partial charge is 0.481 e. The third kappa shape index (κ3) is 8.85. The zero-order chi connectivity index (χ0) is 36.9. The van der Waals surface area contributed by atoms with Gasteiger partial charge in [-0.3, -0.25) is 14.4 Å². The van der Waals surface area contributed by atoms with Crippen molar-refractivity contribution in [2.24, 2.45) is 5.92 Å². The third-order valence-electron chi connectivity index (χ3n) is 8.22. The molecule has 13 heteroatoms. The number of carboxylic acids is 1. The summed E-state index contributed by atoms with van der Waals surface area (Å²) in [5.74, 6) is 1.39. The van der Waals surface area contributed by atoms with E-state index in [1.165, 1.54) is 43.7 Å². The molecular formula is C37H37F5N4O4. The van der Waals surface area contributed by atoms with Gasteiger partial charge in [-0.25, -0.2) is 13.8 Å². The highest BCUT2D eigenvalue weighted by molar-refractivity contribution is 5.82. The molecule has 4 aromatic rings. The van der Waals surface area contributed by atoms with E-state index in [1.54, 1.807) is 38.5 Å². The maximum Gasteiger partial charge on any atom is 0.416 e. The number of aliphatic carboxylic acids is 1. The number of halogens is 5. The minimum atomic E-state index is -4.85. The molecule has 2 unspecified atom stereocenters. The molecule has 0 bridgehead atoms. The predicted molar refractivity (Wildman–Crippen MR) is 177 cm³/mol. The van der Waals surface area contributed by atoms with Crippen LogP contribution in [0.4, 0.5) is 22.0 Å². The van der Waals surface area contributed by atoms with E-state index < -0.39 is 59.3 Å². The highest BCUT2D eigenvalue weighted by Crippen LogP contribution is 2.35. The van der Waals surface area contributed by atoms with E-state index >= 15 is 4.39 Å². The monoisotopic (exact) mass is 696 g/mol. The van der Waals surface area contributed by atoms with E-state index in [4.69, 9.17) is 0 Å². The van der Waals surface area contributed by atoms with Crippen molar-refractivity contribution in [3.05, 3.63) is 111 Å². The first-order chi connectivity index (χ1) is 23.5. The van der Waals surface area contributed by atoms with Crippen LogP contribution in [0.1, 0.15) is 79.1 Å². The quantitative estimate of drug-likeness (QED) is 0.121. The summed E-state index contributed by atoms with van der Waals surface area (Å²) in [6.45, 7) is 8.41. The first-order valence-electron chi connectivity index (χ1n) is 15.8. The maximum atomic E-state index is 16.1. The average molecular weight is 697 g/mol. The summed E-state index contributed by atoms with van der Waals surface area (Å²) < 4.78 is 74.9. The molecule has 0 fully saturated rings. The van der Waals surface area contributed by atoms with Gasteiger partial charge in [-0.15, -0.1) is 5.92 Å². The molecule has 0 saturated carbocycles. The number of carboxylic acid groups (broad SMARTS) is 1. The summed E-state index contributed by atoms with van der Waals surface area (Å²) in [5.41, 5.74) is -0.759. The fourth-order valence-corrected chi connectivity index (χ4v) is 6.08. The van der Waals surface area contributed by atoms with Crippen molar-refractivity contribution >= 4 is 11.9 Å². The molecule has 0 aliphatic heterocycles. The van der Waals surface area contributed by atoms with Crippen LogP contribution in [-0.2, 0) is 28.7 Å². The number of aromatic nitrogens is 3. The summed E-state index contributed by atoms with van der Waals surface area (Å²) in [5, 5.41) is 12.4. The number of imidazole rings is 1. The molecule has 2 heterocycles. The molecule has 0 saturated heterocycles. The van der Waals surface area contributed by atoms with E-state index in [1.807, 2.05) is 0 Å². The van der Waals surface area contributed by atoms with Crippen LogP contribution >= 0.6 is 0 Å². The maximum absolute atomic E-state index is 16.1. The summed E-state index contributed by atoms with van der Waals surface area (Å²) in [7, 11) is 0. The lowest BCUT2D eigenvalue weighted by molar-refractivity contribution is -0.139. The molecule has 0 aliphatic carbocycles. The smallest absolute Gasteiger partial charge is 0.416 e. The van der Waals surface area contributed by atoms with Crippen LogP contribution in [0.3, 0.4) is 0 Å². The second-order valence-electron chi connectivity index (χ2n) is 12.5. The van der Waals surface area contributed by atoms with Crippen molar-refractivity contribution in [1.82, 2.24) is 19.4 Å². The molecule has 0 spiro atoms. The standard InChI is InChI=1S/C37H37F5N4O4/c1-6-7-24-15-26(34-22(4)13-27(38)14-23(34)5)16-28(35(24)39)30(18-33(48)49)44-36(50)31(12-21(2)3)46-19-25(8-10-45-11-9-43-20-45)29(17-32(46)47)37(40,41)42/h9,11,13-17,19-21,30-31H,8,10,12,18H2,1-5H3,(H,44,50)(H,48,49). The highest BCUT2D eigenvalue weighted by Gasteiger charge is 2.36. The van der Waals surface area contributed by atoms with Crippen LogP contribution in [0, 0.1) is 43.2 Å². The Morgan fingerprint density at radius 3 is 2.30 bits per heavy atom. The molecule has 2 aromatic heterocycles. The van der Waals surface area contributed by atoms with Gasteiger partial charge in [0.1, 0.15) is 17.7 Å². The fraction of sp³-hybridized carbons (Fsp3) is 0.351. The lowest BCUT2D eigenvalue weighted by Gasteiger charge is -2.27. The predicted octanol–water partition coefficient (Wildman–Crippen LogP) is 7.16. The SMILES string of the molecule is CC#Cc1cc(-c2c(C)cc(F)cc2C)cc(C(CC(=O)O)NC(=O)C(CC(C)C)n2cc(CCn3ccnc3)c(C(F)(F)F)cc2=O)c1F. The van der Waals surface area contributed by atoms with Crippen LogP contribution in [-0.4, -0.2) is 31.1 Å². The van der Waals surface area contributed by atoms with Gasteiger partial charge in [-0.1, -0.05) is 19.8 Å². The number of carbonyl (C=O) groups excluding carboxylic acids is 1. The van der Waals surface area contributed by atoms with E-state index in [9.17, 15) is 37.1 Å². The molecule has 50 heavy (non-hydrogen) atoms. The number of hydrogen-bond acceptors (Lipinski definition) is 4. The first kappa shape index (κ1) is 37.6. The van der Waals surface area contributed by atoms with Crippen molar-refractivity contribution < 1.29 is 36.6 Å². The molecule has 1 amide bonds. The van der Waals surface area contributed by atoms with Crippen molar-refractivity contribution in [3.8, 4) is 23.0 Å². The lowest BCUT2D eigenvalue weighted by Crippen LogP contribution is -2.41. The number of pyridine rings is 1. The van der Waals surface area contributed by atoms with Gasteiger partial charge in [0.25, 0.3) is 5.56 Å². The molecular weight excluding hydrogens is 659 g/mol. The molecule has 8 nitrogen and oxygen atoms in total. The van der Waals surface area contributed by atoms with E-state index in [-0.39, 0.29) is 42.0 Å². The van der Waals surface area contributed by atoms with E-state index in [2.05, 4.69) is 22.1 Å². The lowest BCUT2D eigenvalue weighted by atomic mass is 9.90. The number of aryl methyl sites for hydroxylation is 4. The Kier molecular flexibility index (Phi) is 11.7. The Bertz CT molecular complexity index is 1980. The third-order valence-corrected chi connectivity index (χ3v) is 8.22.